The Labute approximate surface area is 195 Å². The second kappa shape index (κ2) is 8.94. The first-order valence-electron chi connectivity index (χ1n) is 12.0. The van der Waals surface area contributed by atoms with Gasteiger partial charge in [-0.1, -0.05) is 39.3 Å². The first-order valence-corrected chi connectivity index (χ1v) is 15.0. The van der Waals surface area contributed by atoms with E-state index >= 15 is 0 Å². The van der Waals surface area contributed by atoms with Crippen molar-refractivity contribution in [1.82, 2.24) is 0 Å². The van der Waals surface area contributed by atoms with E-state index < -0.39 is 20.0 Å². The summed E-state index contributed by atoms with van der Waals surface area (Å²) in [5.41, 5.74) is 2.30. The lowest BCUT2D eigenvalue weighted by Crippen LogP contribution is -2.47. The normalized spacial score (nSPS) is 21.4. The van der Waals surface area contributed by atoms with E-state index in [1.807, 2.05) is 26.8 Å². The fraction of sp³-hybridized carbons (Fsp3) is 0.692. The van der Waals surface area contributed by atoms with E-state index in [9.17, 15) is 9.59 Å². The first-order chi connectivity index (χ1) is 14.7. The van der Waals surface area contributed by atoms with E-state index in [4.69, 9.17) is 9.16 Å². The Bertz CT molecular complexity index is 866. The molecule has 0 aromatic heterocycles. The number of nitrogens with zero attached hydrogens (tertiary/aromatic N) is 1. The highest BCUT2D eigenvalue weighted by molar-refractivity contribution is 6.74. The fourth-order valence-electron chi connectivity index (χ4n) is 4.48. The Morgan fingerprint density at radius 1 is 1.09 bits per heavy atom. The molecular formula is C26H41NO4Si. The van der Waals surface area contributed by atoms with Crippen LogP contribution in [0, 0.1) is 5.92 Å². The van der Waals surface area contributed by atoms with Crippen molar-refractivity contribution < 1.29 is 18.8 Å². The van der Waals surface area contributed by atoms with Crippen LogP contribution in [0.15, 0.2) is 18.2 Å². The molecule has 1 aliphatic carbocycles. The average Bonchev–Trinajstić information content (AvgIpc) is 3.13. The SMILES string of the molecule is CC(C)(C)OC(=O)N1C(=O)C2CCCC2c2ccc(CCCO[Si](C)(C)C(C)(C)C)cc21. The number of ether oxygens (including phenoxy) is 1. The van der Waals surface area contributed by atoms with Crippen molar-refractivity contribution in [3.05, 3.63) is 29.3 Å². The molecule has 32 heavy (non-hydrogen) atoms. The van der Waals surface area contributed by atoms with Gasteiger partial charge in [-0.15, -0.1) is 0 Å². The van der Waals surface area contributed by atoms with E-state index in [1.165, 1.54) is 4.90 Å². The predicted molar refractivity (Wildman–Crippen MR) is 132 cm³/mol. The van der Waals surface area contributed by atoms with Crippen LogP contribution in [0.1, 0.15) is 84.3 Å². The summed E-state index contributed by atoms with van der Waals surface area (Å²) in [6.07, 6.45) is 4.08. The molecule has 178 valence electrons. The molecule has 2 unspecified atom stereocenters. The smallest absolute Gasteiger partial charge is 0.421 e. The lowest BCUT2D eigenvalue weighted by Gasteiger charge is -2.36. The summed E-state index contributed by atoms with van der Waals surface area (Å²) in [5, 5.41) is 0.199. The highest BCUT2D eigenvalue weighted by Gasteiger charge is 2.46. The Morgan fingerprint density at radius 2 is 1.75 bits per heavy atom. The highest BCUT2D eigenvalue weighted by Crippen LogP contribution is 2.48. The third kappa shape index (κ3) is 5.28. The first kappa shape index (κ1) is 25.0. The number of carbonyl (C=O) groups is 2. The van der Waals surface area contributed by atoms with Gasteiger partial charge in [-0.05, 0) is 87.7 Å². The molecule has 5 nitrogen and oxygen atoms in total. The number of fused-ring (bicyclic) bond motifs is 3. The van der Waals surface area contributed by atoms with Crippen LogP contribution >= 0.6 is 0 Å². The molecule has 2 atom stereocenters. The minimum atomic E-state index is -1.75. The summed E-state index contributed by atoms with van der Waals surface area (Å²) < 4.78 is 11.9. The standard InChI is InChI=1S/C26H41NO4Si/c1-25(2,3)31-24(29)27-22-17-18(11-10-16-30-32(7,8)26(4,5)6)14-15-20(22)19-12-9-13-21(19)23(27)28/h14-15,17,19,21H,9-13,16H2,1-8H3. The van der Waals surface area contributed by atoms with Crippen LogP contribution in [-0.2, 0) is 20.4 Å². The molecule has 1 heterocycles. The van der Waals surface area contributed by atoms with Gasteiger partial charge in [0.05, 0.1) is 5.69 Å². The van der Waals surface area contributed by atoms with Gasteiger partial charge >= 0.3 is 6.09 Å². The van der Waals surface area contributed by atoms with Crippen molar-refractivity contribution in [2.75, 3.05) is 11.5 Å². The van der Waals surface area contributed by atoms with Gasteiger partial charge in [-0.25, -0.2) is 9.69 Å². The zero-order valence-corrected chi connectivity index (χ0v) is 22.2. The third-order valence-electron chi connectivity index (χ3n) is 7.24. The molecule has 0 spiro atoms. The zero-order chi connectivity index (χ0) is 23.9. The van der Waals surface area contributed by atoms with E-state index in [-0.39, 0.29) is 22.8 Å². The van der Waals surface area contributed by atoms with E-state index in [0.29, 0.717) is 0 Å². The molecule has 0 saturated heterocycles. The molecule has 1 aromatic carbocycles. The Hall–Kier alpha value is -1.66. The van der Waals surface area contributed by atoms with Crippen molar-refractivity contribution in [3.63, 3.8) is 0 Å². The maximum absolute atomic E-state index is 13.3. The number of hydrogen-bond donors (Lipinski definition) is 0. The van der Waals surface area contributed by atoms with Crippen LogP contribution in [0.2, 0.25) is 18.1 Å². The average molecular weight is 460 g/mol. The molecule has 1 aliphatic heterocycles. The van der Waals surface area contributed by atoms with Gasteiger partial charge < -0.3 is 9.16 Å². The topological polar surface area (TPSA) is 55.8 Å². The lowest BCUT2D eigenvalue weighted by atomic mass is 9.82. The minimum absolute atomic E-state index is 0.104. The van der Waals surface area contributed by atoms with E-state index in [0.717, 1.165) is 55.5 Å². The quantitative estimate of drug-likeness (QED) is 0.359. The number of aryl methyl sites for hydroxylation is 1. The van der Waals surface area contributed by atoms with Gasteiger partial charge in [0.15, 0.2) is 8.32 Å². The van der Waals surface area contributed by atoms with Crippen molar-refractivity contribution in [2.24, 2.45) is 5.92 Å². The molecule has 1 fully saturated rings. The molecule has 0 N–H and O–H groups in total. The third-order valence-corrected chi connectivity index (χ3v) is 11.8. The van der Waals surface area contributed by atoms with Crippen LogP contribution in [0.3, 0.4) is 0 Å². The Kier molecular flexibility index (Phi) is 6.97. The van der Waals surface area contributed by atoms with Crippen LogP contribution in [0.5, 0.6) is 0 Å². The second-order valence-electron chi connectivity index (χ2n) is 11.9. The minimum Gasteiger partial charge on any atom is -0.443 e. The maximum atomic E-state index is 13.3. The monoisotopic (exact) mass is 459 g/mol. The van der Waals surface area contributed by atoms with Crippen molar-refractivity contribution in [1.29, 1.82) is 0 Å². The molecule has 1 aromatic rings. The molecule has 2 aliphatic rings. The van der Waals surface area contributed by atoms with Gasteiger partial charge in [0.2, 0.25) is 5.91 Å². The molecule has 3 rings (SSSR count). The molecule has 0 bridgehead atoms. The molecule has 0 radical (unpaired) electrons. The van der Waals surface area contributed by atoms with Crippen LogP contribution in [0.25, 0.3) is 0 Å². The largest absolute Gasteiger partial charge is 0.443 e. The van der Waals surface area contributed by atoms with Crippen LogP contribution < -0.4 is 4.90 Å². The zero-order valence-electron chi connectivity index (χ0n) is 21.2. The number of rotatable bonds is 5. The van der Waals surface area contributed by atoms with Gasteiger partial charge in [0, 0.05) is 12.5 Å². The van der Waals surface area contributed by atoms with Crippen LogP contribution in [-0.4, -0.2) is 32.5 Å². The van der Waals surface area contributed by atoms with Crippen molar-refractivity contribution in [3.8, 4) is 0 Å². The van der Waals surface area contributed by atoms with E-state index in [2.05, 4.69) is 46.0 Å². The number of benzene rings is 1. The molecular weight excluding hydrogens is 418 g/mol. The van der Waals surface area contributed by atoms with Gasteiger partial charge in [0.25, 0.3) is 0 Å². The van der Waals surface area contributed by atoms with Crippen molar-refractivity contribution in [2.45, 2.75) is 103 Å². The van der Waals surface area contributed by atoms with Gasteiger partial charge in [0.1, 0.15) is 5.60 Å². The lowest BCUT2D eigenvalue weighted by molar-refractivity contribution is -0.122. The fourth-order valence-corrected chi connectivity index (χ4v) is 5.57. The predicted octanol–water partition coefficient (Wildman–Crippen LogP) is 6.81. The number of anilines is 1. The molecule has 6 heteroatoms. The number of hydrogen-bond acceptors (Lipinski definition) is 4. The Morgan fingerprint density at radius 3 is 2.38 bits per heavy atom. The summed E-state index contributed by atoms with van der Waals surface area (Å²) in [5.74, 6) is -0.00123. The summed E-state index contributed by atoms with van der Waals surface area (Å²) in [4.78, 5) is 27.6. The number of amides is 2. The summed E-state index contributed by atoms with van der Waals surface area (Å²) in [6, 6.07) is 6.31. The summed E-state index contributed by atoms with van der Waals surface area (Å²) in [7, 11) is -1.75. The molecule has 2 amide bonds. The molecule has 1 saturated carbocycles. The summed E-state index contributed by atoms with van der Waals surface area (Å²) >= 11 is 0. The number of imide groups is 1. The Balaban J connectivity index is 1.79. The second-order valence-corrected chi connectivity index (χ2v) is 16.7. The van der Waals surface area contributed by atoms with Gasteiger partial charge in [-0.2, -0.15) is 0 Å². The van der Waals surface area contributed by atoms with E-state index in [1.54, 1.807) is 0 Å². The maximum Gasteiger partial charge on any atom is 0.421 e. The van der Waals surface area contributed by atoms with Gasteiger partial charge in [-0.3, -0.25) is 4.79 Å². The summed E-state index contributed by atoms with van der Waals surface area (Å²) in [6.45, 7) is 17.5. The number of carbonyl (C=O) groups excluding carboxylic acids is 2. The highest BCUT2D eigenvalue weighted by atomic mass is 28.4. The van der Waals surface area contributed by atoms with Crippen molar-refractivity contribution >= 4 is 26.0 Å². The van der Waals surface area contributed by atoms with Crippen LogP contribution in [0.4, 0.5) is 10.5 Å².